The van der Waals surface area contributed by atoms with Crippen LogP contribution in [0.4, 0.5) is 5.82 Å². The summed E-state index contributed by atoms with van der Waals surface area (Å²) in [4.78, 5) is 20.3. The summed E-state index contributed by atoms with van der Waals surface area (Å²) in [6.07, 6.45) is 0.308. The van der Waals surface area contributed by atoms with Gasteiger partial charge in [-0.2, -0.15) is 15.0 Å². The third-order valence-corrected chi connectivity index (χ3v) is 2.91. The Morgan fingerprint density at radius 3 is 2.48 bits per heavy atom. The first kappa shape index (κ1) is 14.7. The first-order valence-corrected chi connectivity index (χ1v) is 6.58. The molecule has 0 bridgehead atoms. The van der Waals surface area contributed by atoms with Crippen LogP contribution in [-0.4, -0.2) is 25.7 Å². The fourth-order valence-electron chi connectivity index (χ4n) is 1.94. The molecular weight excluding hydrogens is 268 g/mol. The van der Waals surface area contributed by atoms with Crippen LogP contribution in [-0.2, 0) is 4.79 Å². The molecule has 0 aliphatic carbocycles. The number of anilines is 1. The van der Waals surface area contributed by atoms with E-state index in [1.54, 1.807) is 13.8 Å². The maximum Gasteiger partial charge on any atom is 0.252 e. The highest BCUT2D eigenvalue weighted by atomic mass is 16.1. The van der Waals surface area contributed by atoms with E-state index in [2.05, 4.69) is 26.5 Å². The number of nitrogens with one attached hydrogen (secondary N) is 1. The van der Waals surface area contributed by atoms with Gasteiger partial charge in [-0.1, -0.05) is 6.92 Å². The SMILES string of the molecule is CCC(=O)Nc1c(C#N)c(C)nn1-c1nc(C)cc(C)n1. The first-order chi connectivity index (χ1) is 9.96. The number of carbonyl (C=O) groups is 1. The minimum absolute atomic E-state index is 0.197. The van der Waals surface area contributed by atoms with Gasteiger partial charge in [0.15, 0.2) is 5.82 Å². The van der Waals surface area contributed by atoms with Gasteiger partial charge in [-0.25, -0.2) is 9.97 Å². The molecule has 0 saturated heterocycles. The van der Waals surface area contributed by atoms with Crippen LogP contribution < -0.4 is 5.32 Å². The fraction of sp³-hybridized carbons (Fsp3) is 0.357. The van der Waals surface area contributed by atoms with Crippen molar-refractivity contribution < 1.29 is 4.79 Å². The number of rotatable bonds is 3. The molecular formula is C14H16N6O. The molecule has 0 radical (unpaired) electrons. The molecule has 2 heterocycles. The topological polar surface area (TPSA) is 96.5 Å². The summed E-state index contributed by atoms with van der Waals surface area (Å²) < 4.78 is 1.40. The van der Waals surface area contributed by atoms with Crippen molar-refractivity contribution in [1.82, 2.24) is 19.7 Å². The Labute approximate surface area is 122 Å². The zero-order valence-electron chi connectivity index (χ0n) is 12.4. The third kappa shape index (κ3) is 2.89. The van der Waals surface area contributed by atoms with Crippen molar-refractivity contribution in [3.63, 3.8) is 0 Å². The predicted octanol–water partition coefficient (Wildman–Crippen LogP) is 1.81. The van der Waals surface area contributed by atoms with Crippen LogP contribution >= 0.6 is 0 Å². The largest absolute Gasteiger partial charge is 0.309 e. The Balaban J connectivity index is 2.63. The van der Waals surface area contributed by atoms with Crippen molar-refractivity contribution in [1.29, 1.82) is 5.26 Å². The van der Waals surface area contributed by atoms with Crippen LogP contribution in [0.2, 0.25) is 0 Å². The molecule has 1 N–H and O–H groups in total. The number of aromatic nitrogens is 4. The summed E-state index contributed by atoms with van der Waals surface area (Å²) >= 11 is 0. The van der Waals surface area contributed by atoms with Gasteiger partial charge >= 0.3 is 0 Å². The summed E-state index contributed by atoms with van der Waals surface area (Å²) in [5.74, 6) is 0.451. The molecule has 2 aromatic heterocycles. The lowest BCUT2D eigenvalue weighted by Gasteiger charge is -2.08. The minimum Gasteiger partial charge on any atom is -0.309 e. The number of nitriles is 1. The van der Waals surface area contributed by atoms with E-state index in [1.807, 2.05) is 19.9 Å². The minimum atomic E-state index is -0.197. The monoisotopic (exact) mass is 284 g/mol. The summed E-state index contributed by atoms with van der Waals surface area (Å²) in [7, 11) is 0. The van der Waals surface area contributed by atoms with E-state index in [-0.39, 0.29) is 5.91 Å². The number of hydrogen-bond donors (Lipinski definition) is 1. The highest BCUT2D eigenvalue weighted by Gasteiger charge is 2.19. The molecule has 7 heteroatoms. The van der Waals surface area contributed by atoms with E-state index in [0.29, 0.717) is 29.4 Å². The van der Waals surface area contributed by atoms with Gasteiger partial charge in [0.25, 0.3) is 5.95 Å². The Bertz CT molecular complexity index is 720. The van der Waals surface area contributed by atoms with Gasteiger partial charge in [0.1, 0.15) is 11.6 Å². The molecule has 108 valence electrons. The van der Waals surface area contributed by atoms with E-state index in [9.17, 15) is 10.1 Å². The molecule has 7 nitrogen and oxygen atoms in total. The van der Waals surface area contributed by atoms with Gasteiger partial charge in [-0.15, -0.1) is 0 Å². The van der Waals surface area contributed by atoms with Gasteiger partial charge in [0, 0.05) is 17.8 Å². The molecule has 0 unspecified atom stereocenters. The number of aryl methyl sites for hydroxylation is 3. The second-order valence-electron chi connectivity index (χ2n) is 4.69. The summed E-state index contributed by atoms with van der Waals surface area (Å²) in [6.45, 7) is 7.15. The second kappa shape index (κ2) is 5.71. The summed E-state index contributed by atoms with van der Waals surface area (Å²) in [5.41, 5.74) is 2.42. The molecule has 0 saturated carbocycles. The van der Waals surface area contributed by atoms with Crippen LogP contribution in [0.5, 0.6) is 0 Å². The maximum absolute atomic E-state index is 11.7. The van der Waals surface area contributed by atoms with Gasteiger partial charge < -0.3 is 5.32 Å². The van der Waals surface area contributed by atoms with E-state index < -0.39 is 0 Å². The van der Waals surface area contributed by atoms with E-state index in [1.165, 1.54) is 4.68 Å². The smallest absolute Gasteiger partial charge is 0.252 e. The van der Waals surface area contributed by atoms with Crippen molar-refractivity contribution in [3.05, 3.63) is 28.7 Å². The number of hydrogen-bond acceptors (Lipinski definition) is 5. The van der Waals surface area contributed by atoms with Crippen molar-refractivity contribution >= 4 is 11.7 Å². The molecule has 0 spiro atoms. The highest BCUT2D eigenvalue weighted by Crippen LogP contribution is 2.21. The number of nitrogens with zero attached hydrogens (tertiary/aromatic N) is 5. The normalized spacial score (nSPS) is 10.2. The van der Waals surface area contributed by atoms with Crippen LogP contribution in [0.15, 0.2) is 6.07 Å². The van der Waals surface area contributed by atoms with Crippen molar-refractivity contribution in [2.45, 2.75) is 34.1 Å². The van der Waals surface area contributed by atoms with Crippen LogP contribution in [0.25, 0.3) is 5.95 Å². The van der Waals surface area contributed by atoms with Crippen LogP contribution in [0, 0.1) is 32.1 Å². The Morgan fingerprint density at radius 1 is 1.33 bits per heavy atom. The highest BCUT2D eigenvalue weighted by molar-refractivity contribution is 5.91. The predicted molar refractivity (Wildman–Crippen MR) is 77.0 cm³/mol. The summed E-state index contributed by atoms with van der Waals surface area (Å²) in [6, 6.07) is 3.90. The molecule has 21 heavy (non-hydrogen) atoms. The Kier molecular flexibility index (Phi) is 3.98. The lowest BCUT2D eigenvalue weighted by molar-refractivity contribution is -0.115. The Hall–Kier alpha value is -2.75. The van der Waals surface area contributed by atoms with Gasteiger partial charge in [-0.05, 0) is 26.8 Å². The molecule has 1 amide bonds. The molecule has 0 aromatic carbocycles. The number of amides is 1. The van der Waals surface area contributed by atoms with Gasteiger partial charge in [0.2, 0.25) is 5.91 Å². The Morgan fingerprint density at radius 2 is 1.95 bits per heavy atom. The van der Waals surface area contributed by atoms with Crippen molar-refractivity contribution in [2.24, 2.45) is 0 Å². The van der Waals surface area contributed by atoms with Crippen molar-refractivity contribution in [2.75, 3.05) is 5.32 Å². The molecule has 2 aromatic rings. The standard InChI is InChI=1S/C14H16N6O/c1-5-12(21)18-13-11(7-15)10(4)19-20(13)14-16-8(2)6-9(3)17-14/h6H,5H2,1-4H3,(H,18,21). The lowest BCUT2D eigenvalue weighted by atomic mass is 10.2. The molecule has 0 aliphatic heterocycles. The van der Waals surface area contributed by atoms with Crippen LogP contribution in [0.1, 0.15) is 36.0 Å². The van der Waals surface area contributed by atoms with Gasteiger partial charge in [0.05, 0.1) is 5.69 Å². The lowest BCUT2D eigenvalue weighted by Crippen LogP contribution is -2.16. The van der Waals surface area contributed by atoms with E-state index in [4.69, 9.17) is 0 Å². The zero-order valence-corrected chi connectivity index (χ0v) is 12.4. The maximum atomic E-state index is 11.7. The molecule has 0 fully saturated rings. The van der Waals surface area contributed by atoms with E-state index in [0.717, 1.165) is 11.4 Å². The molecule has 2 rings (SSSR count). The average molecular weight is 284 g/mol. The summed E-state index contributed by atoms with van der Waals surface area (Å²) in [5, 5.41) is 16.2. The van der Waals surface area contributed by atoms with Crippen LogP contribution in [0.3, 0.4) is 0 Å². The van der Waals surface area contributed by atoms with Crippen molar-refractivity contribution in [3.8, 4) is 12.0 Å². The first-order valence-electron chi connectivity index (χ1n) is 6.58. The molecule has 0 atom stereocenters. The quantitative estimate of drug-likeness (QED) is 0.927. The second-order valence-corrected chi connectivity index (χ2v) is 4.69. The molecule has 0 aliphatic rings. The fourth-order valence-corrected chi connectivity index (χ4v) is 1.94. The average Bonchev–Trinajstić information content (AvgIpc) is 2.73. The number of carbonyl (C=O) groups excluding carboxylic acids is 1. The van der Waals surface area contributed by atoms with E-state index >= 15 is 0 Å². The third-order valence-electron chi connectivity index (χ3n) is 2.91. The van der Waals surface area contributed by atoms with Gasteiger partial charge in [-0.3, -0.25) is 4.79 Å². The zero-order chi connectivity index (χ0) is 15.6.